The monoisotopic (exact) mass is 302 g/mol. The molecule has 2 rings (SSSR count). The van der Waals surface area contributed by atoms with Crippen LogP contribution < -0.4 is 0 Å². The Morgan fingerprint density at radius 2 is 2.00 bits per heavy atom. The fourth-order valence-electron chi connectivity index (χ4n) is 3.15. The molecule has 2 aliphatic rings. The molecule has 1 aliphatic carbocycles. The van der Waals surface area contributed by atoms with Crippen LogP contribution in [0.15, 0.2) is 0 Å². The molecule has 0 aromatic rings. The Balaban J connectivity index is 2.06. The van der Waals surface area contributed by atoms with E-state index < -0.39 is 11.9 Å². The molecule has 0 radical (unpaired) electrons. The molecule has 1 heterocycles. The van der Waals surface area contributed by atoms with Crippen LogP contribution in [0.5, 0.6) is 0 Å². The summed E-state index contributed by atoms with van der Waals surface area (Å²) in [5, 5.41) is 0. The molecule has 6 heteroatoms. The third-order valence-electron chi connectivity index (χ3n) is 4.16. The normalized spacial score (nSPS) is 36.1. The summed E-state index contributed by atoms with van der Waals surface area (Å²) < 4.78 is 27.3. The Kier molecular flexibility index (Phi) is 5.73. The molecule has 122 valence electrons. The van der Waals surface area contributed by atoms with Gasteiger partial charge in [-0.15, -0.1) is 0 Å². The SMILES string of the molecule is COCO[C@H]1C(=O)C(COC)CC[C@H]1[C@H]1COC(C)(C)O1. The Morgan fingerprint density at radius 1 is 1.24 bits per heavy atom. The van der Waals surface area contributed by atoms with Crippen molar-refractivity contribution >= 4 is 5.78 Å². The third kappa shape index (κ3) is 4.02. The summed E-state index contributed by atoms with van der Waals surface area (Å²) in [6.45, 7) is 4.80. The maximum Gasteiger partial charge on any atom is 0.167 e. The Labute approximate surface area is 126 Å². The molecule has 0 amide bonds. The summed E-state index contributed by atoms with van der Waals surface area (Å²) in [5.41, 5.74) is 0. The molecule has 0 aromatic heterocycles. The van der Waals surface area contributed by atoms with E-state index in [9.17, 15) is 4.79 Å². The summed E-state index contributed by atoms with van der Waals surface area (Å²) >= 11 is 0. The van der Waals surface area contributed by atoms with E-state index >= 15 is 0 Å². The molecule has 1 aliphatic heterocycles. The van der Waals surface area contributed by atoms with Gasteiger partial charge in [-0.25, -0.2) is 0 Å². The number of ether oxygens (including phenoxy) is 5. The van der Waals surface area contributed by atoms with Crippen LogP contribution >= 0.6 is 0 Å². The average Bonchev–Trinajstić information content (AvgIpc) is 2.80. The van der Waals surface area contributed by atoms with Crippen LogP contribution in [-0.4, -0.2) is 58.0 Å². The zero-order chi connectivity index (χ0) is 15.5. The van der Waals surface area contributed by atoms with Crippen LogP contribution in [0, 0.1) is 11.8 Å². The molecule has 0 spiro atoms. The molecular formula is C15H26O6. The van der Waals surface area contributed by atoms with Crippen LogP contribution in [0.3, 0.4) is 0 Å². The van der Waals surface area contributed by atoms with Crippen molar-refractivity contribution in [3.05, 3.63) is 0 Å². The van der Waals surface area contributed by atoms with Crippen molar-refractivity contribution in [1.82, 2.24) is 0 Å². The van der Waals surface area contributed by atoms with Gasteiger partial charge in [0.2, 0.25) is 0 Å². The van der Waals surface area contributed by atoms with E-state index in [1.165, 1.54) is 0 Å². The fourth-order valence-corrected chi connectivity index (χ4v) is 3.15. The molecule has 21 heavy (non-hydrogen) atoms. The summed E-state index contributed by atoms with van der Waals surface area (Å²) in [6, 6.07) is 0. The van der Waals surface area contributed by atoms with Gasteiger partial charge in [0.1, 0.15) is 12.9 Å². The number of methoxy groups -OCH3 is 2. The van der Waals surface area contributed by atoms with Gasteiger partial charge in [0.05, 0.1) is 19.3 Å². The Hall–Kier alpha value is -0.530. The van der Waals surface area contributed by atoms with Crippen molar-refractivity contribution in [1.29, 1.82) is 0 Å². The minimum atomic E-state index is -0.594. The molecule has 1 saturated heterocycles. The lowest BCUT2D eigenvalue weighted by Gasteiger charge is -2.36. The molecule has 1 unspecified atom stereocenters. The molecule has 4 atom stereocenters. The zero-order valence-corrected chi connectivity index (χ0v) is 13.3. The lowest BCUT2D eigenvalue weighted by Crippen LogP contribution is -2.48. The molecule has 0 N–H and O–H groups in total. The van der Waals surface area contributed by atoms with Gasteiger partial charge in [-0.2, -0.15) is 0 Å². The topological polar surface area (TPSA) is 63.2 Å². The highest BCUT2D eigenvalue weighted by Gasteiger charge is 2.47. The van der Waals surface area contributed by atoms with Crippen LogP contribution in [0.2, 0.25) is 0 Å². The first-order valence-electron chi connectivity index (χ1n) is 7.43. The van der Waals surface area contributed by atoms with Crippen LogP contribution in [-0.2, 0) is 28.5 Å². The molecule has 2 fully saturated rings. The summed E-state index contributed by atoms with van der Waals surface area (Å²) in [6.07, 6.45) is 1.03. The quantitative estimate of drug-likeness (QED) is 0.691. The number of rotatable bonds is 6. The lowest BCUT2D eigenvalue weighted by atomic mass is 9.76. The number of carbonyl (C=O) groups excluding carboxylic acids is 1. The Morgan fingerprint density at radius 3 is 2.57 bits per heavy atom. The highest BCUT2D eigenvalue weighted by molar-refractivity contribution is 5.86. The van der Waals surface area contributed by atoms with Gasteiger partial charge in [0.15, 0.2) is 11.6 Å². The second-order valence-electron chi connectivity index (χ2n) is 6.16. The van der Waals surface area contributed by atoms with Crippen molar-refractivity contribution in [3.63, 3.8) is 0 Å². The summed E-state index contributed by atoms with van der Waals surface area (Å²) in [7, 11) is 3.16. The number of hydrogen-bond donors (Lipinski definition) is 0. The van der Waals surface area contributed by atoms with Crippen molar-refractivity contribution < 1.29 is 28.5 Å². The second-order valence-corrected chi connectivity index (χ2v) is 6.16. The lowest BCUT2D eigenvalue weighted by molar-refractivity contribution is -0.177. The summed E-state index contributed by atoms with van der Waals surface area (Å²) in [5.74, 6) is -0.618. The third-order valence-corrected chi connectivity index (χ3v) is 4.16. The fraction of sp³-hybridized carbons (Fsp3) is 0.933. The Bertz CT molecular complexity index is 356. The first-order valence-corrected chi connectivity index (χ1v) is 7.43. The first-order chi connectivity index (χ1) is 9.98. The van der Waals surface area contributed by atoms with Crippen molar-refractivity contribution in [3.8, 4) is 0 Å². The van der Waals surface area contributed by atoms with Crippen molar-refractivity contribution in [2.75, 3.05) is 34.2 Å². The first kappa shape index (κ1) is 16.8. The summed E-state index contributed by atoms with van der Waals surface area (Å²) in [4.78, 5) is 12.6. The van der Waals surface area contributed by atoms with Gasteiger partial charge >= 0.3 is 0 Å². The van der Waals surface area contributed by atoms with E-state index in [0.717, 1.165) is 12.8 Å². The average molecular weight is 302 g/mol. The van der Waals surface area contributed by atoms with Gasteiger partial charge in [-0.3, -0.25) is 4.79 Å². The highest BCUT2D eigenvalue weighted by atomic mass is 16.7. The van der Waals surface area contributed by atoms with E-state index in [-0.39, 0.29) is 30.5 Å². The largest absolute Gasteiger partial charge is 0.384 e. The van der Waals surface area contributed by atoms with Crippen LogP contribution in [0.25, 0.3) is 0 Å². The zero-order valence-electron chi connectivity index (χ0n) is 13.3. The smallest absolute Gasteiger partial charge is 0.167 e. The number of hydrogen-bond acceptors (Lipinski definition) is 6. The van der Waals surface area contributed by atoms with E-state index in [4.69, 9.17) is 23.7 Å². The number of ketones is 1. The minimum Gasteiger partial charge on any atom is -0.384 e. The highest BCUT2D eigenvalue weighted by Crippen LogP contribution is 2.37. The maximum atomic E-state index is 12.6. The predicted molar refractivity (Wildman–Crippen MR) is 74.8 cm³/mol. The van der Waals surface area contributed by atoms with E-state index in [1.54, 1.807) is 14.2 Å². The van der Waals surface area contributed by atoms with E-state index in [0.29, 0.717) is 13.2 Å². The van der Waals surface area contributed by atoms with Gasteiger partial charge < -0.3 is 23.7 Å². The molecule has 6 nitrogen and oxygen atoms in total. The van der Waals surface area contributed by atoms with E-state index in [2.05, 4.69) is 0 Å². The number of carbonyl (C=O) groups is 1. The van der Waals surface area contributed by atoms with Crippen LogP contribution in [0.4, 0.5) is 0 Å². The van der Waals surface area contributed by atoms with Crippen molar-refractivity contribution in [2.45, 2.75) is 44.7 Å². The second kappa shape index (κ2) is 7.15. The molecule has 1 saturated carbocycles. The predicted octanol–water partition coefficient (Wildman–Crippen LogP) is 1.37. The number of Topliss-reactive ketones (excluding diaryl/α,β-unsaturated/α-hetero) is 1. The molecular weight excluding hydrogens is 276 g/mol. The maximum absolute atomic E-state index is 12.6. The van der Waals surface area contributed by atoms with Crippen molar-refractivity contribution in [2.24, 2.45) is 11.8 Å². The molecule has 0 bridgehead atoms. The van der Waals surface area contributed by atoms with Gasteiger partial charge in [0, 0.05) is 26.1 Å². The minimum absolute atomic E-state index is 0.00234. The molecule has 0 aromatic carbocycles. The van der Waals surface area contributed by atoms with Gasteiger partial charge in [0.25, 0.3) is 0 Å². The van der Waals surface area contributed by atoms with E-state index in [1.807, 2.05) is 13.8 Å². The van der Waals surface area contributed by atoms with Crippen LogP contribution in [0.1, 0.15) is 26.7 Å². The van der Waals surface area contributed by atoms with Gasteiger partial charge in [-0.05, 0) is 26.7 Å². The van der Waals surface area contributed by atoms with Gasteiger partial charge in [-0.1, -0.05) is 0 Å². The standard InChI is InChI=1S/C15H26O6/c1-15(2)20-8-12(21-15)11-6-5-10(7-17-3)13(16)14(11)19-9-18-4/h10-12,14H,5-9H2,1-4H3/t10?,11-,12+,14+/m0/s1.